The molecule has 0 aromatic heterocycles. The summed E-state index contributed by atoms with van der Waals surface area (Å²) in [5.74, 6) is 0.242. The minimum atomic E-state index is -4.55. The summed E-state index contributed by atoms with van der Waals surface area (Å²) in [6.45, 7) is 7.83. The first-order valence-electron chi connectivity index (χ1n) is 8.96. The maximum absolute atomic E-state index is 13.4. The maximum atomic E-state index is 13.4. The van der Waals surface area contributed by atoms with Gasteiger partial charge in [-0.1, -0.05) is 19.9 Å². The minimum absolute atomic E-state index is 0.0240. The van der Waals surface area contributed by atoms with Crippen LogP contribution in [0.15, 0.2) is 18.2 Å². The summed E-state index contributed by atoms with van der Waals surface area (Å²) < 4.78 is 45.5. The van der Waals surface area contributed by atoms with Crippen molar-refractivity contribution in [1.29, 1.82) is 0 Å². The first-order chi connectivity index (χ1) is 12.5. The number of halogens is 3. The van der Waals surface area contributed by atoms with Crippen LogP contribution in [-0.4, -0.2) is 41.8 Å². The first-order valence-corrected chi connectivity index (χ1v) is 8.96. The van der Waals surface area contributed by atoms with Crippen molar-refractivity contribution in [3.8, 4) is 5.75 Å². The number of benzene rings is 1. The number of aliphatic hydroxyl groups is 1. The molecule has 0 spiro atoms. The van der Waals surface area contributed by atoms with Gasteiger partial charge in [0.2, 0.25) is 0 Å². The van der Waals surface area contributed by atoms with Crippen molar-refractivity contribution in [3.63, 3.8) is 0 Å². The normalized spacial score (nSPS) is 23.0. The Morgan fingerprint density at radius 1 is 1.44 bits per heavy atom. The van der Waals surface area contributed by atoms with Gasteiger partial charge in [0.05, 0.1) is 18.3 Å². The molecule has 1 fully saturated rings. The van der Waals surface area contributed by atoms with Crippen LogP contribution in [0.25, 0.3) is 0 Å². The summed E-state index contributed by atoms with van der Waals surface area (Å²) in [5.41, 5.74) is -1.25. The second-order valence-electron chi connectivity index (χ2n) is 7.74. The van der Waals surface area contributed by atoms with E-state index in [1.54, 1.807) is 13.8 Å². The fourth-order valence-corrected chi connectivity index (χ4v) is 3.17. The molecular weight excluding hydrogens is 361 g/mol. The first kappa shape index (κ1) is 21.3. The van der Waals surface area contributed by atoms with Crippen molar-refractivity contribution < 1.29 is 27.8 Å². The molecule has 0 bridgehead atoms. The summed E-state index contributed by atoms with van der Waals surface area (Å²) in [6, 6.07) is 3.32. The lowest BCUT2D eigenvalue weighted by Crippen LogP contribution is -2.40. The van der Waals surface area contributed by atoms with Gasteiger partial charge in [-0.2, -0.15) is 13.2 Å². The molecule has 1 aliphatic heterocycles. The lowest BCUT2D eigenvalue weighted by Gasteiger charge is -2.25. The zero-order valence-electron chi connectivity index (χ0n) is 16.1. The van der Waals surface area contributed by atoms with Crippen LogP contribution in [0.2, 0.25) is 0 Å². The SMILES string of the molecule is CC(C)Oc1ccc(CNC(=O)N2CC(C)C(C)(CO)C2)c(C(F)(F)F)c1. The lowest BCUT2D eigenvalue weighted by atomic mass is 9.82. The largest absolute Gasteiger partial charge is 0.491 e. The Kier molecular flexibility index (Phi) is 6.29. The predicted octanol–water partition coefficient (Wildman–Crippen LogP) is 3.65. The Morgan fingerprint density at radius 3 is 2.63 bits per heavy atom. The number of nitrogens with zero attached hydrogens (tertiary/aromatic N) is 1. The van der Waals surface area contributed by atoms with Gasteiger partial charge >= 0.3 is 12.2 Å². The molecule has 0 radical (unpaired) electrons. The Morgan fingerprint density at radius 2 is 2.11 bits per heavy atom. The van der Waals surface area contributed by atoms with Crippen molar-refractivity contribution in [3.05, 3.63) is 29.3 Å². The third-order valence-corrected chi connectivity index (χ3v) is 5.07. The molecule has 2 rings (SSSR count). The molecule has 2 N–H and O–H groups in total. The predicted molar refractivity (Wildman–Crippen MR) is 95.4 cm³/mol. The van der Waals surface area contributed by atoms with E-state index in [9.17, 15) is 23.1 Å². The molecule has 8 heteroatoms. The van der Waals surface area contributed by atoms with Crippen LogP contribution in [0.4, 0.5) is 18.0 Å². The third kappa shape index (κ3) is 5.06. The average molecular weight is 388 g/mol. The van der Waals surface area contributed by atoms with Gasteiger partial charge in [-0.3, -0.25) is 0 Å². The fraction of sp³-hybridized carbons (Fsp3) is 0.632. The standard InChI is InChI=1S/C19H27F3N2O3/c1-12(2)27-15-6-5-14(16(7-15)19(20,21)22)8-23-17(26)24-9-13(3)18(4,10-24)11-25/h5-7,12-13,25H,8-11H2,1-4H3,(H,23,26). The molecule has 0 saturated carbocycles. The van der Waals surface area contributed by atoms with Crippen molar-refractivity contribution in [2.75, 3.05) is 19.7 Å². The molecule has 0 aliphatic carbocycles. The van der Waals surface area contributed by atoms with E-state index in [4.69, 9.17) is 4.74 Å². The van der Waals surface area contributed by atoms with E-state index in [-0.39, 0.29) is 36.5 Å². The van der Waals surface area contributed by atoms with Gasteiger partial charge in [-0.15, -0.1) is 0 Å². The lowest BCUT2D eigenvalue weighted by molar-refractivity contribution is -0.138. The second-order valence-corrected chi connectivity index (χ2v) is 7.74. The van der Waals surface area contributed by atoms with Crippen LogP contribution in [-0.2, 0) is 12.7 Å². The van der Waals surface area contributed by atoms with E-state index in [0.29, 0.717) is 13.1 Å². The van der Waals surface area contributed by atoms with Gasteiger partial charge in [-0.05, 0) is 37.5 Å². The number of rotatable bonds is 5. The number of carbonyl (C=O) groups excluding carboxylic acids is 1. The third-order valence-electron chi connectivity index (χ3n) is 5.07. The summed E-state index contributed by atoms with van der Waals surface area (Å²) in [7, 11) is 0. The number of nitrogens with one attached hydrogen (secondary N) is 1. The van der Waals surface area contributed by atoms with Gasteiger partial charge in [0, 0.05) is 25.0 Å². The van der Waals surface area contributed by atoms with Gasteiger partial charge in [0.25, 0.3) is 0 Å². The number of carbonyl (C=O) groups is 1. The average Bonchev–Trinajstić information content (AvgIpc) is 2.88. The van der Waals surface area contributed by atoms with E-state index >= 15 is 0 Å². The van der Waals surface area contributed by atoms with Crippen molar-refractivity contribution >= 4 is 6.03 Å². The molecule has 2 amide bonds. The summed E-state index contributed by atoms with van der Waals surface area (Å²) in [5, 5.41) is 12.1. The van der Waals surface area contributed by atoms with Gasteiger partial charge in [0.1, 0.15) is 5.75 Å². The molecule has 27 heavy (non-hydrogen) atoms. The molecule has 2 atom stereocenters. The monoisotopic (exact) mass is 388 g/mol. The molecule has 1 aliphatic rings. The topological polar surface area (TPSA) is 61.8 Å². The minimum Gasteiger partial charge on any atom is -0.491 e. The molecule has 1 saturated heterocycles. The van der Waals surface area contributed by atoms with Gasteiger partial charge in [-0.25, -0.2) is 4.79 Å². The molecule has 1 aromatic carbocycles. The van der Waals surface area contributed by atoms with Crippen molar-refractivity contribution in [1.82, 2.24) is 10.2 Å². The van der Waals surface area contributed by atoms with E-state index in [0.717, 1.165) is 6.07 Å². The number of aliphatic hydroxyl groups excluding tert-OH is 1. The Labute approximate surface area is 157 Å². The molecular formula is C19H27F3N2O3. The van der Waals surface area contributed by atoms with Crippen LogP contribution in [0.5, 0.6) is 5.75 Å². The highest BCUT2D eigenvalue weighted by molar-refractivity contribution is 5.74. The van der Waals surface area contributed by atoms with E-state index in [1.165, 1.54) is 17.0 Å². The van der Waals surface area contributed by atoms with Crippen LogP contribution < -0.4 is 10.1 Å². The van der Waals surface area contributed by atoms with Gasteiger partial charge < -0.3 is 20.1 Å². The van der Waals surface area contributed by atoms with E-state index < -0.39 is 23.2 Å². The summed E-state index contributed by atoms with van der Waals surface area (Å²) in [4.78, 5) is 13.9. The number of likely N-dealkylation sites (tertiary alicyclic amines) is 1. The van der Waals surface area contributed by atoms with E-state index in [2.05, 4.69) is 5.32 Å². The highest BCUT2D eigenvalue weighted by atomic mass is 19.4. The Balaban J connectivity index is 2.10. The van der Waals surface area contributed by atoms with Crippen LogP contribution in [0.1, 0.15) is 38.8 Å². The van der Waals surface area contributed by atoms with Crippen LogP contribution >= 0.6 is 0 Å². The number of alkyl halides is 3. The molecule has 2 unspecified atom stereocenters. The quantitative estimate of drug-likeness (QED) is 0.809. The van der Waals surface area contributed by atoms with E-state index in [1.807, 2.05) is 13.8 Å². The molecule has 152 valence electrons. The van der Waals surface area contributed by atoms with Crippen molar-refractivity contribution in [2.24, 2.45) is 11.3 Å². The number of hydrogen-bond acceptors (Lipinski definition) is 3. The number of amides is 2. The maximum Gasteiger partial charge on any atom is 0.416 e. The summed E-state index contributed by atoms with van der Waals surface area (Å²) in [6.07, 6.45) is -4.79. The van der Waals surface area contributed by atoms with Gasteiger partial charge in [0.15, 0.2) is 0 Å². The second kappa shape index (κ2) is 7.96. The zero-order valence-corrected chi connectivity index (χ0v) is 16.1. The van der Waals surface area contributed by atoms with Crippen LogP contribution in [0, 0.1) is 11.3 Å². The highest BCUT2D eigenvalue weighted by Gasteiger charge is 2.41. The number of urea groups is 1. The Bertz CT molecular complexity index is 679. The highest BCUT2D eigenvalue weighted by Crippen LogP contribution is 2.36. The molecule has 1 heterocycles. The van der Waals surface area contributed by atoms with Crippen molar-refractivity contribution in [2.45, 2.75) is 46.5 Å². The smallest absolute Gasteiger partial charge is 0.416 e. The summed E-state index contributed by atoms with van der Waals surface area (Å²) >= 11 is 0. The number of hydrogen-bond donors (Lipinski definition) is 2. The number of ether oxygens (including phenoxy) is 1. The Hall–Kier alpha value is -1.96. The zero-order chi connectivity index (χ0) is 20.4. The molecule has 1 aromatic rings. The fourth-order valence-electron chi connectivity index (χ4n) is 3.17. The van der Waals surface area contributed by atoms with Crippen LogP contribution in [0.3, 0.4) is 0 Å². The molecule has 5 nitrogen and oxygen atoms in total.